The zero-order valence-electron chi connectivity index (χ0n) is 3.18. The average molecular weight is 107 g/mol. The Morgan fingerprint density at radius 2 is 2.50 bits per heavy atom. The molecule has 1 atom stereocenters. The summed E-state index contributed by atoms with van der Waals surface area (Å²) in [4.78, 5) is 9.81. The third-order valence-corrected chi connectivity index (χ3v) is 0.561. The number of nitrogens with two attached hydrogens (primary N) is 1. The molecule has 0 amide bonds. The van der Waals surface area contributed by atoms with Crippen molar-refractivity contribution in [2.75, 3.05) is 6.54 Å². The maximum absolute atomic E-state index is 9.81. The van der Waals surface area contributed by atoms with Crippen molar-refractivity contribution in [3.63, 3.8) is 0 Å². The lowest BCUT2D eigenvalue weighted by Gasteiger charge is -1.87. The van der Waals surface area contributed by atoms with E-state index < -0.39 is 5.97 Å². The summed E-state index contributed by atoms with van der Waals surface area (Å²) < 4.78 is 4.05. The largest absolute Gasteiger partial charge is 0.451 e. The first-order valence-electron chi connectivity index (χ1n) is 1.41. The van der Waals surface area contributed by atoms with E-state index in [1.807, 2.05) is 9.47 Å². The van der Waals surface area contributed by atoms with Crippen molar-refractivity contribution in [2.24, 2.45) is 5.73 Å². The number of hydrogen-bond acceptors (Lipinski definition) is 3. The summed E-state index contributed by atoms with van der Waals surface area (Å²) in [7, 11) is 1.81. The van der Waals surface area contributed by atoms with Crippen molar-refractivity contribution < 1.29 is 9.32 Å². The number of carbonyl (C=O) groups is 1. The molecule has 0 fully saturated rings. The smallest absolute Gasteiger partial charge is 0.321 e. The fraction of sp³-hybridized carbons (Fsp3) is 0.500. The van der Waals surface area contributed by atoms with Crippen LogP contribution in [0.5, 0.6) is 0 Å². The Morgan fingerprint density at radius 1 is 2.00 bits per heavy atom. The molecule has 0 saturated heterocycles. The maximum Gasteiger partial charge on any atom is 0.321 e. The first-order valence-corrected chi connectivity index (χ1v) is 1.88. The van der Waals surface area contributed by atoms with Crippen LogP contribution in [0.25, 0.3) is 0 Å². The third-order valence-electron chi connectivity index (χ3n) is 0.298. The van der Waals surface area contributed by atoms with Crippen LogP contribution in [0.15, 0.2) is 0 Å². The minimum absolute atomic E-state index is 0.0521. The molecule has 0 aliphatic rings. The monoisotopic (exact) mass is 107 g/mol. The van der Waals surface area contributed by atoms with Crippen LogP contribution in [0.4, 0.5) is 0 Å². The molecule has 0 aromatic rings. The second kappa shape index (κ2) is 3.07. The zero-order valence-corrected chi connectivity index (χ0v) is 4.33. The molecule has 4 heteroatoms. The van der Waals surface area contributed by atoms with Gasteiger partial charge in [-0.15, -0.1) is 0 Å². The lowest BCUT2D eigenvalue weighted by Crippen LogP contribution is -2.12. The molecule has 0 aromatic heterocycles. The van der Waals surface area contributed by atoms with Crippen LogP contribution in [0, 0.1) is 0 Å². The van der Waals surface area contributed by atoms with Gasteiger partial charge in [-0.1, -0.05) is 0 Å². The molecule has 0 radical (unpaired) electrons. The number of carbonyl (C=O) groups excluding carboxylic acids is 1. The topological polar surface area (TPSA) is 52.3 Å². The molecule has 0 rings (SSSR count). The highest BCUT2D eigenvalue weighted by atomic mass is 31.0. The van der Waals surface area contributed by atoms with E-state index in [0.717, 1.165) is 0 Å². The van der Waals surface area contributed by atoms with Gasteiger partial charge in [-0.05, 0) is 0 Å². The summed E-state index contributed by atoms with van der Waals surface area (Å²) >= 11 is 0. The molecule has 1 unspecified atom stereocenters. The van der Waals surface area contributed by atoms with Crippen LogP contribution < -0.4 is 5.73 Å². The van der Waals surface area contributed by atoms with Crippen LogP contribution in [-0.2, 0) is 9.32 Å². The molecule has 6 heavy (non-hydrogen) atoms. The summed E-state index contributed by atoms with van der Waals surface area (Å²) in [6.07, 6.45) is 0. The average Bonchev–Trinajstić information content (AvgIpc) is 1.65. The quantitative estimate of drug-likeness (QED) is 0.450. The van der Waals surface area contributed by atoms with E-state index in [9.17, 15) is 4.79 Å². The Bertz CT molecular complexity index is 49.5. The van der Waals surface area contributed by atoms with Crippen molar-refractivity contribution in [3.05, 3.63) is 0 Å². The summed E-state index contributed by atoms with van der Waals surface area (Å²) in [5, 5.41) is 0. The molecular weight excluding hydrogens is 101 g/mol. The molecule has 0 spiro atoms. The van der Waals surface area contributed by atoms with Gasteiger partial charge in [0.05, 0.1) is 16.0 Å². The van der Waals surface area contributed by atoms with Crippen LogP contribution in [-0.4, -0.2) is 12.5 Å². The minimum Gasteiger partial charge on any atom is -0.451 e. The Labute approximate surface area is 38.1 Å². The highest BCUT2D eigenvalue weighted by Gasteiger charge is 1.88. The van der Waals surface area contributed by atoms with Gasteiger partial charge in [-0.25, -0.2) is 0 Å². The van der Waals surface area contributed by atoms with Crippen molar-refractivity contribution in [1.82, 2.24) is 0 Å². The van der Waals surface area contributed by atoms with Gasteiger partial charge in [0, 0.05) is 0 Å². The highest BCUT2D eigenvalue weighted by Crippen LogP contribution is 1.81. The van der Waals surface area contributed by atoms with Crippen molar-refractivity contribution >= 4 is 15.4 Å². The predicted molar refractivity (Wildman–Crippen MR) is 24.9 cm³/mol. The van der Waals surface area contributed by atoms with E-state index in [4.69, 9.17) is 5.73 Å². The summed E-state index contributed by atoms with van der Waals surface area (Å²) in [6, 6.07) is 0. The van der Waals surface area contributed by atoms with Crippen LogP contribution in [0.3, 0.4) is 0 Å². The second-order valence-corrected chi connectivity index (χ2v) is 0.930. The van der Waals surface area contributed by atoms with Gasteiger partial charge in [0.1, 0.15) is 0 Å². The zero-order chi connectivity index (χ0) is 4.99. The minimum atomic E-state index is -0.417. The third kappa shape index (κ3) is 2.12. The summed E-state index contributed by atoms with van der Waals surface area (Å²) in [6.45, 7) is -0.0521. The normalized spacial score (nSPS) is 7.67. The first kappa shape index (κ1) is 5.86. The van der Waals surface area contributed by atoms with Gasteiger partial charge in [0.2, 0.25) is 0 Å². The number of rotatable bonds is 1. The fourth-order valence-electron chi connectivity index (χ4n) is 0.0481. The molecule has 0 aliphatic carbocycles. The Kier molecular flexibility index (Phi) is 2.99. The van der Waals surface area contributed by atoms with E-state index in [1.54, 1.807) is 0 Å². The van der Waals surface area contributed by atoms with Gasteiger partial charge in [-0.2, -0.15) is 0 Å². The van der Waals surface area contributed by atoms with Crippen LogP contribution >= 0.6 is 9.47 Å². The Morgan fingerprint density at radius 3 is 2.50 bits per heavy atom. The van der Waals surface area contributed by atoms with Crippen molar-refractivity contribution in [2.45, 2.75) is 0 Å². The fourth-order valence-corrected chi connectivity index (χ4v) is 0.144. The van der Waals surface area contributed by atoms with Gasteiger partial charge < -0.3 is 10.3 Å². The van der Waals surface area contributed by atoms with Crippen LogP contribution in [0.1, 0.15) is 0 Å². The van der Waals surface area contributed by atoms with Gasteiger partial charge in [0.15, 0.2) is 0 Å². The van der Waals surface area contributed by atoms with E-state index in [1.165, 1.54) is 0 Å². The van der Waals surface area contributed by atoms with E-state index >= 15 is 0 Å². The van der Waals surface area contributed by atoms with Crippen LogP contribution in [0.2, 0.25) is 0 Å². The second-order valence-electron chi connectivity index (χ2n) is 0.694. The van der Waals surface area contributed by atoms with Gasteiger partial charge >= 0.3 is 5.97 Å². The SMILES string of the molecule is NCC(=O)OP. The first-order chi connectivity index (χ1) is 2.81. The van der Waals surface area contributed by atoms with E-state index in [2.05, 4.69) is 4.52 Å². The van der Waals surface area contributed by atoms with Crippen molar-refractivity contribution in [1.29, 1.82) is 0 Å². The molecule has 0 saturated carbocycles. The summed E-state index contributed by atoms with van der Waals surface area (Å²) in [5.74, 6) is -0.417. The molecule has 0 bridgehead atoms. The number of hydrogen-bond donors (Lipinski definition) is 1. The van der Waals surface area contributed by atoms with E-state index in [-0.39, 0.29) is 6.54 Å². The lowest BCUT2D eigenvalue weighted by molar-refractivity contribution is -0.131. The van der Waals surface area contributed by atoms with Gasteiger partial charge in [-0.3, -0.25) is 4.79 Å². The summed E-state index contributed by atoms with van der Waals surface area (Å²) in [5.41, 5.74) is 4.79. The molecule has 2 N–H and O–H groups in total. The Balaban J connectivity index is 2.99. The molecule has 0 aliphatic heterocycles. The van der Waals surface area contributed by atoms with Gasteiger partial charge in [0.25, 0.3) is 0 Å². The molecule has 0 heterocycles. The van der Waals surface area contributed by atoms with Crippen molar-refractivity contribution in [3.8, 4) is 0 Å². The lowest BCUT2D eigenvalue weighted by atomic mass is 10.7. The molecule has 3 nitrogen and oxygen atoms in total. The predicted octanol–water partition coefficient (Wildman–Crippen LogP) is -0.722. The Hall–Kier alpha value is -0.140. The maximum atomic E-state index is 9.81. The molecular formula is C2H6NO2P. The molecule has 0 aromatic carbocycles. The standard InChI is InChI=1S/C2H6NO2P/c3-1-2(4)5-6/h1,3,6H2. The highest BCUT2D eigenvalue weighted by molar-refractivity contribution is 7.10. The molecule has 36 valence electrons. The van der Waals surface area contributed by atoms with E-state index in [0.29, 0.717) is 0 Å².